The molecule has 0 aliphatic rings. The van der Waals surface area contributed by atoms with Gasteiger partial charge in [-0.15, -0.1) is 0 Å². The lowest BCUT2D eigenvalue weighted by Crippen LogP contribution is -2.03. The summed E-state index contributed by atoms with van der Waals surface area (Å²) >= 11 is 8.67. The van der Waals surface area contributed by atoms with Gasteiger partial charge in [-0.25, -0.2) is 8.78 Å². The van der Waals surface area contributed by atoms with Crippen LogP contribution >= 0.6 is 27.5 Å². The summed E-state index contributed by atoms with van der Waals surface area (Å²) in [6.07, 6.45) is -1.19. The van der Waals surface area contributed by atoms with Crippen LogP contribution in [0, 0.1) is 11.6 Å². The SMILES string of the molecule is OC(c1ccc(F)c(Cl)c1)c1cccc(Br)c1F. The van der Waals surface area contributed by atoms with E-state index >= 15 is 0 Å². The van der Waals surface area contributed by atoms with Crippen LogP contribution in [0.3, 0.4) is 0 Å². The van der Waals surface area contributed by atoms with Gasteiger partial charge in [0.1, 0.15) is 17.7 Å². The normalized spacial score (nSPS) is 12.5. The molecule has 0 heterocycles. The zero-order valence-corrected chi connectivity index (χ0v) is 11.3. The van der Waals surface area contributed by atoms with Crippen LogP contribution in [0.15, 0.2) is 40.9 Å². The monoisotopic (exact) mass is 332 g/mol. The number of hydrogen-bond donors (Lipinski definition) is 1. The van der Waals surface area contributed by atoms with Crippen molar-refractivity contribution in [3.8, 4) is 0 Å². The maximum atomic E-state index is 13.8. The van der Waals surface area contributed by atoms with Crippen LogP contribution < -0.4 is 0 Å². The average Bonchev–Trinajstić information content (AvgIpc) is 2.35. The largest absolute Gasteiger partial charge is 0.384 e. The minimum absolute atomic E-state index is 0.104. The highest BCUT2D eigenvalue weighted by atomic mass is 79.9. The third-order valence-electron chi connectivity index (χ3n) is 2.54. The fourth-order valence-corrected chi connectivity index (χ4v) is 2.16. The van der Waals surface area contributed by atoms with E-state index in [2.05, 4.69) is 15.9 Å². The Balaban J connectivity index is 2.44. The molecule has 2 aromatic carbocycles. The minimum atomic E-state index is -1.19. The van der Waals surface area contributed by atoms with Crippen molar-refractivity contribution in [2.45, 2.75) is 6.10 Å². The zero-order chi connectivity index (χ0) is 13.3. The molecule has 0 fully saturated rings. The summed E-state index contributed by atoms with van der Waals surface area (Å²) in [5, 5.41) is 9.96. The summed E-state index contributed by atoms with van der Waals surface area (Å²) in [5.41, 5.74) is 0.436. The Morgan fingerprint density at radius 1 is 1.17 bits per heavy atom. The van der Waals surface area contributed by atoms with Crippen molar-refractivity contribution in [1.82, 2.24) is 0 Å². The van der Waals surface area contributed by atoms with E-state index in [0.29, 0.717) is 5.56 Å². The van der Waals surface area contributed by atoms with Crippen LogP contribution in [0.2, 0.25) is 5.02 Å². The highest BCUT2D eigenvalue weighted by Crippen LogP contribution is 2.30. The molecule has 0 aliphatic carbocycles. The molecule has 1 unspecified atom stereocenters. The third kappa shape index (κ3) is 2.55. The van der Waals surface area contributed by atoms with Crippen molar-refractivity contribution in [3.05, 3.63) is 68.7 Å². The van der Waals surface area contributed by atoms with Gasteiger partial charge in [-0.1, -0.05) is 29.8 Å². The van der Waals surface area contributed by atoms with Gasteiger partial charge in [-0.2, -0.15) is 0 Å². The van der Waals surface area contributed by atoms with E-state index in [1.54, 1.807) is 6.07 Å². The van der Waals surface area contributed by atoms with Gasteiger partial charge < -0.3 is 5.11 Å². The predicted octanol–water partition coefficient (Wildman–Crippen LogP) is 4.46. The predicted molar refractivity (Wildman–Crippen MR) is 69.6 cm³/mol. The lowest BCUT2D eigenvalue weighted by Gasteiger charge is -2.13. The fourth-order valence-electron chi connectivity index (χ4n) is 1.59. The maximum Gasteiger partial charge on any atom is 0.143 e. The number of halogens is 4. The zero-order valence-electron chi connectivity index (χ0n) is 9.00. The van der Waals surface area contributed by atoms with Gasteiger partial charge in [0.15, 0.2) is 0 Å². The van der Waals surface area contributed by atoms with E-state index in [1.807, 2.05) is 0 Å². The van der Waals surface area contributed by atoms with Gasteiger partial charge in [0, 0.05) is 5.56 Å². The first-order valence-electron chi connectivity index (χ1n) is 5.07. The topological polar surface area (TPSA) is 20.2 Å². The second kappa shape index (κ2) is 5.34. The third-order valence-corrected chi connectivity index (χ3v) is 3.44. The van der Waals surface area contributed by atoms with Crippen molar-refractivity contribution in [2.24, 2.45) is 0 Å². The van der Waals surface area contributed by atoms with E-state index in [-0.39, 0.29) is 15.1 Å². The summed E-state index contributed by atoms with van der Waals surface area (Å²) in [7, 11) is 0. The molecule has 0 aromatic heterocycles. The van der Waals surface area contributed by atoms with Gasteiger partial charge in [-0.3, -0.25) is 0 Å². The summed E-state index contributed by atoms with van der Waals surface area (Å²) in [5.74, 6) is -1.13. The molecule has 0 bridgehead atoms. The second-order valence-corrected chi connectivity index (χ2v) is 4.98. The van der Waals surface area contributed by atoms with Gasteiger partial charge in [0.05, 0.1) is 9.50 Å². The lowest BCUT2D eigenvalue weighted by molar-refractivity contribution is 0.214. The van der Waals surface area contributed by atoms with E-state index < -0.39 is 17.7 Å². The van der Waals surface area contributed by atoms with E-state index in [4.69, 9.17) is 11.6 Å². The second-order valence-electron chi connectivity index (χ2n) is 3.72. The highest BCUT2D eigenvalue weighted by Gasteiger charge is 2.17. The van der Waals surface area contributed by atoms with Crippen LogP contribution in [0.5, 0.6) is 0 Å². The van der Waals surface area contributed by atoms with Crippen molar-refractivity contribution < 1.29 is 13.9 Å². The molecule has 18 heavy (non-hydrogen) atoms. The number of rotatable bonds is 2. The van der Waals surface area contributed by atoms with Crippen molar-refractivity contribution in [2.75, 3.05) is 0 Å². The smallest absolute Gasteiger partial charge is 0.143 e. The first kappa shape index (κ1) is 13.5. The van der Waals surface area contributed by atoms with Crippen molar-refractivity contribution in [3.63, 3.8) is 0 Å². The Morgan fingerprint density at radius 3 is 2.56 bits per heavy atom. The quantitative estimate of drug-likeness (QED) is 0.860. The Hall–Kier alpha value is -0.970. The molecule has 0 amide bonds. The Kier molecular flexibility index (Phi) is 4.00. The Bertz CT molecular complexity index is 589. The van der Waals surface area contributed by atoms with Crippen molar-refractivity contribution >= 4 is 27.5 Å². The lowest BCUT2D eigenvalue weighted by atomic mass is 10.0. The van der Waals surface area contributed by atoms with E-state index in [0.717, 1.165) is 6.07 Å². The summed E-state index contributed by atoms with van der Waals surface area (Å²) in [4.78, 5) is 0. The molecule has 0 spiro atoms. The standard InChI is InChI=1S/C13H8BrClF2O/c14-9-3-1-2-8(12(9)17)13(18)7-4-5-11(16)10(15)6-7/h1-6,13,18H. The molecular formula is C13H8BrClF2O. The first-order chi connectivity index (χ1) is 8.50. The molecular weight excluding hydrogens is 325 g/mol. The summed E-state index contributed by atoms with van der Waals surface area (Å²) in [6.45, 7) is 0. The number of aliphatic hydroxyl groups is 1. The van der Waals surface area contributed by atoms with Gasteiger partial charge in [0.2, 0.25) is 0 Å². The molecule has 0 aliphatic heterocycles. The highest BCUT2D eigenvalue weighted by molar-refractivity contribution is 9.10. The molecule has 1 atom stereocenters. The van der Waals surface area contributed by atoms with Crippen molar-refractivity contribution in [1.29, 1.82) is 0 Å². The molecule has 94 valence electrons. The van der Waals surface area contributed by atoms with Crippen LogP contribution in [0.4, 0.5) is 8.78 Å². The Morgan fingerprint density at radius 2 is 1.89 bits per heavy atom. The van der Waals surface area contributed by atoms with Gasteiger partial charge in [-0.05, 0) is 39.7 Å². The van der Waals surface area contributed by atoms with Crippen LogP contribution in [-0.4, -0.2) is 5.11 Å². The van der Waals surface area contributed by atoms with E-state index in [1.165, 1.54) is 24.3 Å². The average molecular weight is 334 g/mol. The summed E-state index contributed by atoms with van der Waals surface area (Å²) in [6, 6.07) is 8.38. The molecule has 0 radical (unpaired) electrons. The number of hydrogen-bond acceptors (Lipinski definition) is 1. The molecule has 1 N–H and O–H groups in total. The molecule has 2 aromatic rings. The molecule has 2 rings (SSSR count). The van der Waals surface area contributed by atoms with Crippen LogP contribution in [0.25, 0.3) is 0 Å². The number of aliphatic hydroxyl groups excluding tert-OH is 1. The number of benzene rings is 2. The summed E-state index contributed by atoms with van der Waals surface area (Å²) < 4.78 is 27.1. The first-order valence-corrected chi connectivity index (χ1v) is 6.24. The molecule has 1 nitrogen and oxygen atoms in total. The van der Waals surface area contributed by atoms with Gasteiger partial charge in [0.25, 0.3) is 0 Å². The maximum absolute atomic E-state index is 13.8. The molecule has 0 saturated carbocycles. The van der Waals surface area contributed by atoms with E-state index in [9.17, 15) is 13.9 Å². The Labute approximate surface area is 116 Å². The fraction of sp³-hybridized carbons (Fsp3) is 0.0769. The minimum Gasteiger partial charge on any atom is -0.384 e. The van der Waals surface area contributed by atoms with Crippen LogP contribution in [-0.2, 0) is 0 Å². The van der Waals surface area contributed by atoms with Crippen LogP contribution in [0.1, 0.15) is 17.2 Å². The molecule has 5 heteroatoms. The molecule has 0 saturated heterocycles. The van der Waals surface area contributed by atoms with Gasteiger partial charge >= 0.3 is 0 Å².